The average Bonchev–Trinajstić information content (AvgIpc) is 2.96. The van der Waals surface area contributed by atoms with Crippen molar-refractivity contribution in [2.75, 3.05) is 32.1 Å². The van der Waals surface area contributed by atoms with E-state index >= 15 is 0 Å². The predicted molar refractivity (Wildman–Crippen MR) is 150 cm³/mol. The maximum Gasteiger partial charge on any atom is 0.264 e. The van der Waals surface area contributed by atoms with Crippen LogP contribution in [-0.4, -0.2) is 59.0 Å². The Labute approximate surface area is 234 Å². The quantitative estimate of drug-likeness (QED) is 0.354. The van der Waals surface area contributed by atoms with Crippen molar-refractivity contribution in [2.45, 2.75) is 37.8 Å². The number of carbonyl (C=O) groups is 2. The summed E-state index contributed by atoms with van der Waals surface area (Å²) in [6.07, 6.45) is 0.277. The normalized spacial score (nSPS) is 11.8. The van der Waals surface area contributed by atoms with Crippen molar-refractivity contribution in [1.82, 2.24) is 10.2 Å². The smallest absolute Gasteiger partial charge is 0.264 e. The number of rotatable bonds is 12. The number of aryl methyl sites for hydroxylation is 1. The van der Waals surface area contributed by atoms with Gasteiger partial charge in [-0.15, -0.1) is 0 Å². The van der Waals surface area contributed by atoms with E-state index in [1.165, 1.54) is 68.6 Å². The highest BCUT2D eigenvalue weighted by Gasteiger charge is 2.33. The van der Waals surface area contributed by atoms with Crippen molar-refractivity contribution in [1.29, 1.82) is 0 Å². The highest BCUT2D eigenvalue weighted by atomic mass is 32.2. The Morgan fingerprint density at radius 2 is 1.57 bits per heavy atom. The Hall–Kier alpha value is -4.12. The van der Waals surface area contributed by atoms with Gasteiger partial charge in [0.1, 0.15) is 18.4 Å². The first-order chi connectivity index (χ1) is 19.0. The fraction of sp³-hybridized carbons (Fsp3) is 0.310. The Bertz CT molecular complexity index is 1430. The molecule has 1 atom stereocenters. The van der Waals surface area contributed by atoms with E-state index in [1.807, 2.05) is 6.92 Å². The third-order valence-electron chi connectivity index (χ3n) is 6.44. The number of anilines is 1. The van der Waals surface area contributed by atoms with Crippen LogP contribution in [0.5, 0.6) is 11.5 Å². The molecule has 40 heavy (non-hydrogen) atoms. The lowest BCUT2D eigenvalue weighted by Gasteiger charge is -2.33. The van der Waals surface area contributed by atoms with Gasteiger partial charge >= 0.3 is 0 Å². The topological polar surface area (TPSA) is 105 Å². The summed E-state index contributed by atoms with van der Waals surface area (Å²) >= 11 is 0. The molecule has 0 aliphatic carbocycles. The molecule has 0 unspecified atom stereocenters. The van der Waals surface area contributed by atoms with Gasteiger partial charge in [0.25, 0.3) is 10.0 Å². The monoisotopic (exact) mass is 571 g/mol. The highest BCUT2D eigenvalue weighted by molar-refractivity contribution is 7.92. The Morgan fingerprint density at radius 3 is 2.12 bits per heavy atom. The van der Waals surface area contributed by atoms with Gasteiger partial charge < -0.3 is 19.7 Å². The SMILES string of the molecule is CC[C@@H](C(=O)NC)N(Cc1ccc(F)cc1)C(=O)CN(c1ccc(C)cc1)S(=O)(=O)c1ccc(OC)c(OC)c1. The van der Waals surface area contributed by atoms with E-state index in [-0.39, 0.29) is 29.3 Å². The molecule has 0 saturated heterocycles. The summed E-state index contributed by atoms with van der Waals surface area (Å²) in [7, 11) is 0.00970. The Balaban J connectivity index is 2.08. The second kappa shape index (κ2) is 13.3. The van der Waals surface area contributed by atoms with Crippen molar-refractivity contribution >= 4 is 27.5 Å². The zero-order valence-electron chi connectivity index (χ0n) is 23.2. The maximum absolute atomic E-state index is 14.0. The number of ether oxygens (including phenoxy) is 2. The predicted octanol–water partition coefficient (Wildman–Crippen LogP) is 3.90. The summed E-state index contributed by atoms with van der Waals surface area (Å²) in [4.78, 5) is 27.9. The standard InChI is InChI=1S/C29H34FN3O6S/c1-6-25(29(35)31-3)32(18-21-9-11-22(30)12-10-21)28(34)19-33(23-13-7-20(2)8-14-23)40(36,37)24-15-16-26(38-4)27(17-24)39-5/h7-17,25H,6,18-19H2,1-5H3,(H,31,35)/t25-/m0/s1. The van der Waals surface area contributed by atoms with Crippen LogP contribution in [0.2, 0.25) is 0 Å². The Morgan fingerprint density at radius 1 is 0.950 bits per heavy atom. The lowest BCUT2D eigenvalue weighted by Crippen LogP contribution is -2.51. The molecule has 3 aromatic rings. The lowest BCUT2D eigenvalue weighted by atomic mass is 10.1. The van der Waals surface area contributed by atoms with E-state index in [1.54, 1.807) is 31.2 Å². The number of nitrogens with one attached hydrogen (secondary N) is 1. The number of likely N-dealkylation sites (N-methyl/N-ethyl adjacent to an activating group) is 1. The van der Waals surface area contributed by atoms with Gasteiger partial charge in [0, 0.05) is 19.7 Å². The summed E-state index contributed by atoms with van der Waals surface area (Å²) in [5.41, 5.74) is 1.76. The third-order valence-corrected chi connectivity index (χ3v) is 8.21. The van der Waals surface area contributed by atoms with Gasteiger partial charge in [-0.2, -0.15) is 0 Å². The van der Waals surface area contributed by atoms with Crippen LogP contribution in [0, 0.1) is 12.7 Å². The van der Waals surface area contributed by atoms with Crippen LogP contribution in [0.4, 0.5) is 10.1 Å². The molecule has 0 aromatic heterocycles. The molecular weight excluding hydrogens is 537 g/mol. The van der Waals surface area contributed by atoms with Crippen molar-refractivity contribution < 1.29 is 31.9 Å². The van der Waals surface area contributed by atoms with E-state index in [0.29, 0.717) is 11.3 Å². The van der Waals surface area contributed by atoms with Crippen LogP contribution in [0.25, 0.3) is 0 Å². The van der Waals surface area contributed by atoms with Crippen LogP contribution in [0.1, 0.15) is 24.5 Å². The molecule has 0 saturated carbocycles. The summed E-state index contributed by atoms with van der Waals surface area (Å²) < 4.78 is 53.1. The second-order valence-corrected chi connectivity index (χ2v) is 10.9. The van der Waals surface area contributed by atoms with Crippen molar-refractivity contribution in [3.63, 3.8) is 0 Å². The third kappa shape index (κ3) is 6.90. The molecule has 9 nitrogen and oxygen atoms in total. The minimum absolute atomic E-state index is 0.0246. The zero-order chi connectivity index (χ0) is 29.4. The largest absolute Gasteiger partial charge is 0.493 e. The average molecular weight is 572 g/mol. The summed E-state index contributed by atoms with van der Waals surface area (Å²) in [6.45, 7) is 3.00. The maximum atomic E-state index is 14.0. The number of halogens is 1. The minimum atomic E-state index is -4.29. The first-order valence-electron chi connectivity index (χ1n) is 12.6. The minimum Gasteiger partial charge on any atom is -0.493 e. The molecule has 0 radical (unpaired) electrons. The molecule has 1 N–H and O–H groups in total. The van der Waals surface area contributed by atoms with E-state index in [9.17, 15) is 22.4 Å². The van der Waals surface area contributed by atoms with Crippen molar-refractivity contribution in [3.8, 4) is 11.5 Å². The van der Waals surface area contributed by atoms with E-state index < -0.39 is 40.2 Å². The zero-order valence-corrected chi connectivity index (χ0v) is 24.0. The van der Waals surface area contributed by atoms with Crippen molar-refractivity contribution in [2.24, 2.45) is 0 Å². The number of carbonyl (C=O) groups excluding carboxylic acids is 2. The fourth-order valence-corrected chi connectivity index (χ4v) is 5.65. The second-order valence-electron chi connectivity index (χ2n) is 9.05. The first kappa shape index (κ1) is 30.4. The van der Waals surface area contributed by atoms with Gasteiger partial charge in [-0.1, -0.05) is 36.8 Å². The van der Waals surface area contributed by atoms with Crippen molar-refractivity contribution in [3.05, 3.63) is 83.7 Å². The van der Waals surface area contributed by atoms with E-state index in [4.69, 9.17) is 9.47 Å². The van der Waals surface area contributed by atoms with Crippen LogP contribution < -0.4 is 19.1 Å². The van der Waals surface area contributed by atoms with Gasteiger partial charge in [0.2, 0.25) is 11.8 Å². The molecule has 214 valence electrons. The molecule has 0 fully saturated rings. The van der Waals surface area contributed by atoms with Crippen LogP contribution in [0.15, 0.2) is 71.6 Å². The number of hydrogen-bond donors (Lipinski definition) is 1. The number of amides is 2. The van der Waals surface area contributed by atoms with Gasteiger partial charge in [-0.25, -0.2) is 12.8 Å². The molecule has 0 heterocycles. The van der Waals surface area contributed by atoms with Gasteiger partial charge in [-0.3, -0.25) is 13.9 Å². The summed E-state index contributed by atoms with van der Waals surface area (Å²) in [6, 6.07) is 15.6. The highest BCUT2D eigenvalue weighted by Crippen LogP contribution is 2.32. The molecule has 2 amide bonds. The summed E-state index contributed by atoms with van der Waals surface area (Å²) in [5.74, 6) is -0.887. The number of nitrogens with zero attached hydrogens (tertiary/aromatic N) is 2. The molecule has 0 aliphatic rings. The van der Waals surface area contributed by atoms with E-state index in [2.05, 4.69) is 5.32 Å². The number of benzene rings is 3. The van der Waals surface area contributed by atoms with E-state index in [0.717, 1.165) is 9.87 Å². The van der Waals surface area contributed by atoms with Crippen LogP contribution in [-0.2, 0) is 26.2 Å². The molecule has 11 heteroatoms. The molecule has 0 aliphatic heterocycles. The first-order valence-corrected chi connectivity index (χ1v) is 14.1. The van der Waals surface area contributed by atoms with Gasteiger partial charge in [-0.05, 0) is 55.3 Å². The molecule has 3 rings (SSSR count). The fourth-order valence-electron chi connectivity index (χ4n) is 4.22. The number of hydrogen-bond acceptors (Lipinski definition) is 6. The lowest BCUT2D eigenvalue weighted by molar-refractivity contribution is -0.140. The molecule has 0 spiro atoms. The van der Waals surface area contributed by atoms with Crippen LogP contribution in [0.3, 0.4) is 0 Å². The number of sulfonamides is 1. The van der Waals surface area contributed by atoms with Crippen LogP contribution >= 0.6 is 0 Å². The number of methoxy groups -OCH3 is 2. The summed E-state index contributed by atoms with van der Waals surface area (Å²) in [5, 5.41) is 2.57. The molecule has 0 bridgehead atoms. The van der Waals surface area contributed by atoms with Gasteiger partial charge in [0.05, 0.1) is 24.8 Å². The molecular formula is C29H34FN3O6S. The molecule has 3 aromatic carbocycles. The Kier molecular flexibility index (Phi) is 10.1. The van der Waals surface area contributed by atoms with Gasteiger partial charge in [0.15, 0.2) is 11.5 Å².